The van der Waals surface area contributed by atoms with Crippen molar-refractivity contribution in [3.8, 4) is 10.6 Å². The van der Waals surface area contributed by atoms with Gasteiger partial charge in [-0.2, -0.15) is 0 Å². The Morgan fingerprint density at radius 3 is 2.70 bits per heavy atom. The lowest BCUT2D eigenvalue weighted by molar-refractivity contribution is -0.120. The summed E-state index contributed by atoms with van der Waals surface area (Å²) in [6.45, 7) is 8.17. The van der Waals surface area contributed by atoms with Crippen molar-refractivity contribution in [1.82, 2.24) is 20.2 Å². The highest BCUT2D eigenvalue weighted by atomic mass is 32.1. The van der Waals surface area contributed by atoms with Gasteiger partial charge in [-0.25, -0.2) is 4.98 Å². The molecule has 6 heteroatoms. The van der Waals surface area contributed by atoms with E-state index in [1.807, 2.05) is 17.5 Å². The summed E-state index contributed by atoms with van der Waals surface area (Å²) < 4.78 is 0. The van der Waals surface area contributed by atoms with E-state index in [0.29, 0.717) is 6.42 Å². The van der Waals surface area contributed by atoms with Gasteiger partial charge in [-0.1, -0.05) is 13.8 Å². The van der Waals surface area contributed by atoms with Gasteiger partial charge in [0.2, 0.25) is 5.91 Å². The summed E-state index contributed by atoms with van der Waals surface area (Å²) in [4.78, 5) is 22.9. The summed E-state index contributed by atoms with van der Waals surface area (Å²) in [7, 11) is 0. The van der Waals surface area contributed by atoms with Crippen LogP contribution in [0.2, 0.25) is 0 Å². The van der Waals surface area contributed by atoms with Gasteiger partial charge < -0.3 is 10.2 Å². The van der Waals surface area contributed by atoms with E-state index in [1.54, 1.807) is 23.7 Å². The Labute approximate surface area is 141 Å². The monoisotopic (exact) mass is 332 g/mol. The first-order chi connectivity index (χ1) is 11.2. The molecule has 0 bridgehead atoms. The van der Waals surface area contributed by atoms with E-state index in [0.717, 1.165) is 48.9 Å². The van der Waals surface area contributed by atoms with Gasteiger partial charge in [0, 0.05) is 29.9 Å². The molecule has 23 heavy (non-hydrogen) atoms. The first-order valence-corrected chi connectivity index (χ1v) is 8.94. The number of aromatic nitrogens is 2. The van der Waals surface area contributed by atoms with Gasteiger partial charge in [0.25, 0.3) is 0 Å². The van der Waals surface area contributed by atoms with Gasteiger partial charge in [0.05, 0.1) is 12.1 Å². The zero-order valence-corrected chi connectivity index (χ0v) is 14.6. The Morgan fingerprint density at radius 1 is 1.26 bits per heavy atom. The van der Waals surface area contributed by atoms with Crippen LogP contribution < -0.4 is 5.32 Å². The Morgan fingerprint density at radius 2 is 2.00 bits per heavy atom. The first-order valence-electron chi connectivity index (χ1n) is 8.06. The van der Waals surface area contributed by atoms with Crippen LogP contribution in [0.3, 0.4) is 0 Å². The quantitative estimate of drug-likeness (QED) is 0.717. The van der Waals surface area contributed by atoms with E-state index < -0.39 is 0 Å². The molecule has 0 aliphatic rings. The van der Waals surface area contributed by atoms with E-state index in [2.05, 4.69) is 34.0 Å². The van der Waals surface area contributed by atoms with Crippen molar-refractivity contribution in [1.29, 1.82) is 0 Å². The minimum atomic E-state index is 0.0381. The number of thiazole rings is 1. The van der Waals surface area contributed by atoms with Crippen LogP contribution >= 0.6 is 11.3 Å². The number of carbonyl (C=O) groups is 1. The lowest BCUT2D eigenvalue weighted by atomic mass is 10.3. The van der Waals surface area contributed by atoms with Crippen molar-refractivity contribution in [2.45, 2.75) is 26.7 Å². The molecule has 0 radical (unpaired) electrons. The third-order valence-corrected chi connectivity index (χ3v) is 4.63. The molecular weight excluding hydrogens is 308 g/mol. The maximum Gasteiger partial charge on any atom is 0.226 e. The van der Waals surface area contributed by atoms with E-state index >= 15 is 0 Å². The zero-order valence-electron chi connectivity index (χ0n) is 13.8. The molecule has 2 heterocycles. The molecule has 1 N–H and O–H groups in total. The second-order valence-electron chi connectivity index (χ2n) is 5.29. The highest BCUT2D eigenvalue weighted by Crippen LogP contribution is 2.22. The van der Waals surface area contributed by atoms with Gasteiger partial charge >= 0.3 is 0 Å². The molecule has 2 aromatic heterocycles. The standard InChI is InChI=1S/C17H24N4OS/c1-3-21(4-2)11-5-8-19-16(22)12-15-13-23-17(20-15)14-6-9-18-10-7-14/h6-7,9-10,13H,3-5,8,11-12H2,1-2H3,(H,19,22). The third kappa shape index (κ3) is 5.73. The summed E-state index contributed by atoms with van der Waals surface area (Å²) in [5.74, 6) is 0.0381. The highest BCUT2D eigenvalue weighted by Gasteiger charge is 2.09. The SMILES string of the molecule is CCN(CC)CCCNC(=O)Cc1csc(-c2ccncc2)n1. The Bertz CT molecular complexity index is 596. The fourth-order valence-corrected chi connectivity index (χ4v) is 3.14. The second-order valence-corrected chi connectivity index (χ2v) is 6.15. The van der Waals surface area contributed by atoms with Crippen LogP contribution in [0, 0.1) is 0 Å². The lowest BCUT2D eigenvalue weighted by Gasteiger charge is -2.17. The fraction of sp³-hybridized carbons (Fsp3) is 0.471. The van der Waals surface area contributed by atoms with Crippen molar-refractivity contribution in [2.24, 2.45) is 0 Å². The fourth-order valence-electron chi connectivity index (χ4n) is 2.31. The van der Waals surface area contributed by atoms with Crippen molar-refractivity contribution in [3.63, 3.8) is 0 Å². The Hall–Kier alpha value is -1.79. The number of pyridine rings is 1. The summed E-state index contributed by atoms with van der Waals surface area (Å²) in [5, 5.41) is 5.85. The molecule has 0 fully saturated rings. The summed E-state index contributed by atoms with van der Waals surface area (Å²) in [6.07, 6.45) is 4.82. The average molecular weight is 332 g/mol. The van der Waals surface area contributed by atoms with Gasteiger partial charge in [0.1, 0.15) is 5.01 Å². The first kappa shape index (κ1) is 17.6. The molecule has 5 nitrogen and oxygen atoms in total. The second kappa shape index (κ2) is 9.37. The maximum absolute atomic E-state index is 12.0. The minimum Gasteiger partial charge on any atom is -0.356 e. The number of rotatable bonds is 9. The number of hydrogen-bond donors (Lipinski definition) is 1. The number of amides is 1. The molecule has 0 atom stereocenters. The predicted molar refractivity (Wildman–Crippen MR) is 94.5 cm³/mol. The van der Waals surface area contributed by atoms with Crippen molar-refractivity contribution >= 4 is 17.2 Å². The molecule has 0 spiro atoms. The average Bonchev–Trinajstić information content (AvgIpc) is 3.04. The van der Waals surface area contributed by atoms with Crippen molar-refractivity contribution in [3.05, 3.63) is 35.6 Å². The zero-order chi connectivity index (χ0) is 16.5. The highest BCUT2D eigenvalue weighted by molar-refractivity contribution is 7.13. The topological polar surface area (TPSA) is 58.1 Å². The van der Waals surface area contributed by atoms with Gasteiger partial charge in [-0.05, 0) is 38.2 Å². The van der Waals surface area contributed by atoms with Gasteiger partial charge in [-0.3, -0.25) is 9.78 Å². The molecule has 0 aromatic carbocycles. The largest absolute Gasteiger partial charge is 0.356 e. The predicted octanol–water partition coefficient (Wildman–Crippen LogP) is 2.60. The molecule has 0 saturated carbocycles. The number of carbonyl (C=O) groups excluding carboxylic acids is 1. The van der Waals surface area contributed by atoms with E-state index in [4.69, 9.17) is 0 Å². The van der Waals surface area contributed by atoms with E-state index in [-0.39, 0.29) is 5.91 Å². The smallest absolute Gasteiger partial charge is 0.226 e. The van der Waals surface area contributed by atoms with Gasteiger partial charge in [0.15, 0.2) is 0 Å². The van der Waals surface area contributed by atoms with E-state index in [9.17, 15) is 4.79 Å². The van der Waals surface area contributed by atoms with Crippen LogP contribution in [0.25, 0.3) is 10.6 Å². The van der Waals surface area contributed by atoms with Crippen molar-refractivity contribution < 1.29 is 4.79 Å². The lowest BCUT2D eigenvalue weighted by Crippen LogP contribution is -2.30. The van der Waals surface area contributed by atoms with Crippen LogP contribution in [0.5, 0.6) is 0 Å². The number of hydrogen-bond acceptors (Lipinski definition) is 5. The molecule has 2 rings (SSSR count). The summed E-state index contributed by atoms with van der Waals surface area (Å²) in [6, 6.07) is 3.85. The molecular formula is C17H24N4OS. The number of nitrogens with one attached hydrogen (secondary N) is 1. The molecule has 124 valence electrons. The molecule has 0 unspecified atom stereocenters. The van der Waals surface area contributed by atoms with Crippen LogP contribution in [0.4, 0.5) is 0 Å². The molecule has 0 aliphatic heterocycles. The third-order valence-electron chi connectivity index (χ3n) is 3.69. The summed E-state index contributed by atoms with van der Waals surface area (Å²) >= 11 is 1.56. The molecule has 1 amide bonds. The molecule has 2 aromatic rings. The number of nitrogens with zero attached hydrogens (tertiary/aromatic N) is 3. The van der Waals surface area contributed by atoms with E-state index in [1.165, 1.54) is 0 Å². The minimum absolute atomic E-state index is 0.0381. The van der Waals surface area contributed by atoms with Crippen LogP contribution in [0.1, 0.15) is 26.0 Å². The molecule has 0 aliphatic carbocycles. The van der Waals surface area contributed by atoms with Crippen LogP contribution in [-0.4, -0.2) is 47.0 Å². The van der Waals surface area contributed by atoms with Crippen LogP contribution in [0.15, 0.2) is 29.9 Å². The Balaban J connectivity index is 1.75. The maximum atomic E-state index is 12.0. The summed E-state index contributed by atoms with van der Waals surface area (Å²) in [5.41, 5.74) is 1.86. The Kier molecular flexibility index (Phi) is 7.16. The normalized spacial score (nSPS) is 10.9. The van der Waals surface area contributed by atoms with Crippen LogP contribution in [-0.2, 0) is 11.2 Å². The molecule has 0 saturated heterocycles. The van der Waals surface area contributed by atoms with Gasteiger partial charge in [-0.15, -0.1) is 11.3 Å². The van der Waals surface area contributed by atoms with Crippen molar-refractivity contribution in [2.75, 3.05) is 26.2 Å².